The molecule has 0 heterocycles. The summed E-state index contributed by atoms with van der Waals surface area (Å²) in [6.07, 6.45) is 2.62. The number of nitrogens with two attached hydrogens (primary N) is 1. The van der Waals surface area contributed by atoms with Crippen LogP contribution in [0.25, 0.3) is 0 Å². The van der Waals surface area contributed by atoms with Gasteiger partial charge in [0, 0.05) is 19.0 Å². The van der Waals surface area contributed by atoms with Gasteiger partial charge in [-0.25, -0.2) is 13.6 Å². The first-order valence-corrected chi connectivity index (χ1v) is 8.19. The molecule has 116 valence electrons. The molecule has 1 fully saturated rings. The fourth-order valence-electron chi connectivity index (χ4n) is 1.85. The molecule has 1 aliphatic rings. The van der Waals surface area contributed by atoms with Gasteiger partial charge in [-0.1, -0.05) is 0 Å². The van der Waals surface area contributed by atoms with Gasteiger partial charge in [0.1, 0.15) is 5.75 Å². The highest BCUT2D eigenvalue weighted by Crippen LogP contribution is 2.27. The molecule has 1 saturated carbocycles. The second-order valence-corrected chi connectivity index (χ2v) is 6.50. The van der Waals surface area contributed by atoms with E-state index in [4.69, 9.17) is 9.88 Å². The van der Waals surface area contributed by atoms with E-state index in [2.05, 4.69) is 10.6 Å². The predicted octanol–water partition coefficient (Wildman–Crippen LogP) is 0.423. The molecule has 21 heavy (non-hydrogen) atoms. The first-order chi connectivity index (χ1) is 9.90. The minimum atomic E-state index is -3.83. The number of primary sulfonamides is 1. The second kappa shape index (κ2) is 6.42. The molecule has 0 radical (unpaired) electrons. The molecule has 0 aromatic heterocycles. The molecule has 1 aromatic rings. The van der Waals surface area contributed by atoms with Crippen molar-refractivity contribution in [3.8, 4) is 5.75 Å². The fourth-order valence-corrected chi connectivity index (χ4v) is 2.39. The first-order valence-electron chi connectivity index (χ1n) is 6.64. The number of anilines is 1. The number of carbonyl (C=O) groups is 1. The van der Waals surface area contributed by atoms with E-state index in [1.54, 1.807) is 0 Å². The molecule has 0 spiro atoms. The lowest BCUT2D eigenvalue weighted by Crippen LogP contribution is -2.23. The number of nitrogens with one attached hydrogen (secondary N) is 2. The Hall–Kier alpha value is -1.64. The molecule has 0 aliphatic heterocycles. The number of sulfonamides is 1. The average Bonchev–Trinajstić information content (AvgIpc) is 3.21. The van der Waals surface area contributed by atoms with E-state index in [1.165, 1.54) is 25.3 Å². The van der Waals surface area contributed by atoms with Crippen molar-refractivity contribution in [3.63, 3.8) is 0 Å². The van der Waals surface area contributed by atoms with Crippen LogP contribution in [-0.4, -0.2) is 34.0 Å². The molecule has 0 unspecified atom stereocenters. The predicted molar refractivity (Wildman–Crippen MR) is 78.6 cm³/mol. The number of rotatable bonds is 7. The Morgan fingerprint density at radius 3 is 2.71 bits per heavy atom. The van der Waals surface area contributed by atoms with E-state index in [-0.39, 0.29) is 10.8 Å². The van der Waals surface area contributed by atoms with Crippen LogP contribution in [0.15, 0.2) is 23.1 Å². The summed E-state index contributed by atoms with van der Waals surface area (Å²) in [5.74, 6) is 0.166. The Morgan fingerprint density at radius 2 is 2.14 bits per heavy atom. The molecular formula is C13H19N3O4S. The van der Waals surface area contributed by atoms with Gasteiger partial charge in [0.25, 0.3) is 0 Å². The molecule has 1 aromatic carbocycles. The van der Waals surface area contributed by atoms with Crippen molar-refractivity contribution in [1.29, 1.82) is 0 Å². The standard InChI is InChI=1S/C13H19N3O4S/c1-20-12-5-4-10(21(14,18)19)8-11(12)16-13(17)6-7-15-9-2-3-9/h4-5,8-9,15H,2-3,6-7H2,1H3,(H,16,17)(H2,14,18,19). The normalized spacial score (nSPS) is 14.8. The van der Waals surface area contributed by atoms with Crippen molar-refractivity contribution in [2.24, 2.45) is 5.14 Å². The number of carbonyl (C=O) groups excluding carboxylic acids is 1. The van der Waals surface area contributed by atoms with Gasteiger partial charge in [-0.15, -0.1) is 0 Å². The summed E-state index contributed by atoms with van der Waals surface area (Å²) in [4.78, 5) is 11.8. The van der Waals surface area contributed by atoms with Crippen LogP contribution in [0.1, 0.15) is 19.3 Å². The van der Waals surface area contributed by atoms with Crippen LogP contribution < -0.4 is 20.5 Å². The van der Waals surface area contributed by atoms with E-state index in [9.17, 15) is 13.2 Å². The third-order valence-corrected chi connectivity index (χ3v) is 4.05. The molecule has 2 rings (SSSR count). The van der Waals surface area contributed by atoms with Gasteiger partial charge in [0.2, 0.25) is 15.9 Å². The van der Waals surface area contributed by atoms with Crippen LogP contribution in [0, 0.1) is 0 Å². The monoisotopic (exact) mass is 313 g/mol. The van der Waals surface area contributed by atoms with Crippen molar-refractivity contribution in [2.75, 3.05) is 19.0 Å². The zero-order valence-corrected chi connectivity index (χ0v) is 12.6. The SMILES string of the molecule is COc1ccc(S(N)(=O)=O)cc1NC(=O)CCNC1CC1. The van der Waals surface area contributed by atoms with Crippen LogP contribution >= 0.6 is 0 Å². The van der Waals surface area contributed by atoms with Gasteiger partial charge >= 0.3 is 0 Å². The second-order valence-electron chi connectivity index (χ2n) is 4.93. The van der Waals surface area contributed by atoms with Crippen LogP contribution in [-0.2, 0) is 14.8 Å². The van der Waals surface area contributed by atoms with Crippen molar-refractivity contribution < 1.29 is 17.9 Å². The largest absolute Gasteiger partial charge is 0.495 e. The highest BCUT2D eigenvalue weighted by Gasteiger charge is 2.20. The van der Waals surface area contributed by atoms with Gasteiger partial charge in [-0.2, -0.15) is 0 Å². The highest BCUT2D eigenvalue weighted by atomic mass is 32.2. The van der Waals surface area contributed by atoms with Crippen LogP contribution in [0.4, 0.5) is 5.69 Å². The summed E-state index contributed by atoms with van der Waals surface area (Å²) in [7, 11) is -2.38. The molecule has 0 saturated heterocycles. The number of methoxy groups -OCH3 is 1. The van der Waals surface area contributed by atoms with E-state index in [0.717, 1.165) is 12.8 Å². The van der Waals surface area contributed by atoms with Gasteiger partial charge in [0.05, 0.1) is 17.7 Å². The quantitative estimate of drug-likeness (QED) is 0.676. The lowest BCUT2D eigenvalue weighted by molar-refractivity contribution is -0.116. The van der Waals surface area contributed by atoms with Crippen LogP contribution in [0.5, 0.6) is 5.75 Å². The zero-order chi connectivity index (χ0) is 15.5. The van der Waals surface area contributed by atoms with E-state index < -0.39 is 10.0 Å². The summed E-state index contributed by atoms with van der Waals surface area (Å²) in [6.45, 7) is 0.591. The molecule has 4 N–H and O–H groups in total. The Kier molecular flexibility index (Phi) is 4.81. The zero-order valence-electron chi connectivity index (χ0n) is 11.8. The summed E-state index contributed by atoms with van der Waals surface area (Å²) < 4.78 is 27.8. The third kappa shape index (κ3) is 4.69. The Labute approximate surface area is 123 Å². The lowest BCUT2D eigenvalue weighted by atomic mass is 10.2. The van der Waals surface area contributed by atoms with Gasteiger partial charge in [-0.3, -0.25) is 4.79 Å². The van der Waals surface area contributed by atoms with Crippen LogP contribution in [0.2, 0.25) is 0 Å². The van der Waals surface area contributed by atoms with Gasteiger partial charge < -0.3 is 15.4 Å². The summed E-state index contributed by atoms with van der Waals surface area (Å²) >= 11 is 0. The molecule has 8 heteroatoms. The summed E-state index contributed by atoms with van der Waals surface area (Å²) in [5, 5.41) is 11.0. The summed E-state index contributed by atoms with van der Waals surface area (Å²) in [5.41, 5.74) is 0.292. The highest BCUT2D eigenvalue weighted by molar-refractivity contribution is 7.89. The number of benzene rings is 1. The number of hydrogen-bond donors (Lipinski definition) is 3. The average molecular weight is 313 g/mol. The fraction of sp³-hybridized carbons (Fsp3) is 0.462. The van der Waals surface area contributed by atoms with E-state index in [0.29, 0.717) is 30.4 Å². The van der Waals surface area contributed by atoms with Gasteiger partial charge in [-0.05, 0) is 31.0 Å². The van der Waals surface area contributed by atoms with Crippen molar-refractivity contribution in [1.82, 2.24) is 5.32 Å². The first kappa shape index (κ1) is 15.7. The van der Waals surface area contributed by atoms with Crippen molar-refractivity contribution in [3.05, 3.63) is 18.2 Å². The van der Waals surface area contributed by atoms with Gasteiger partial charge in [0.15, 0.2) is 0 Å². The third-order valence-electron chi connectivity index (χ3n) is 3.14. The molecule has 7 nitrogen and oxygen atoms in total. The maximum Gasteiger partial charge on any atom is 0.238 e. The molecule has 1 aliphatic carbocycles. The minimum absolute atomic E-state index is 0.0743. The number of ether oxygens (including phenoxy) is 1. The van der Waals surface area contributed by atoms with Crippen molar-refractivity contribution >= 4 is 21.6 Å². The Bertz CT molecular complexity index is 626. The lowest BCUT2D eigenvalue weighted by Gasteiger charge is -2.11. The van der Waals surface area contributed by atoms with Crippen molar-refractivity contribution in [2.45, 2.75) is 30.2 Å². The maximum atomic E-state index is 11.9. The topological polar surface area (TPSA) is 111 Å². The number of hydrogen-bond acceptors (Lipinski definition) is 5. The smallest absolute Gasteiger partial charge is 0.238 e. The summed E-state index contributed by atoms with van der Waals surface area (Å²) in [6, 6.07) is 4.62. The molecular weight excluding hydrogens is 294 g/mol. The van der Waals surface area contributed by atoms with Crippen LogP contribution in [0.3, 0.4) is 0 Å². The maximum absolute atomic E-state index is 11.9. The minimum Gasteiger partial charge on any atom is -0.495 e. The molecule has 0 atom stereocenters. The molecule has 0 bridgehead atoms. The van der Waals surface area contributed by atoms with E-state index >= 15 is 0 Å². The Balaban J connectivity index is 2.03. The number of amides is 1. The Morgan fingerprint density at radius 1 is 1.43 bits per heavy atom. The molecule has 1 amide bonds. The van der Waals surface area contributed by atoms with E-state index in [1.807, 2.05) is 0 Å².